The van der Waals surface area contributed by atoms with Crippen molar-refractivity contribution in [2.24, 2.45) is 0 Å². The van der Waals surface area contributed by atoms with Gasteiger partial charge in [0.2, 0.25) is 0 Å². The summed E-state index contributed by atoms with van der Waals surface area (Å²) in [5, 5.41) is 7.27. The van der Waals surface area contributed by atoms with Crippen LogP contribution in [-0.2, 0) is 0 Å². The number of aliphatic hydroxyl groups is 1. The Kier molecular flexibility index (Phi) is 2.01. The van der Waals surface area contributed by atoms with E-state index >= 15 is 0 Å². The molecule has 0 amide bonds. The zero-order chi connectivity index (χ0) is 4.28. The van der Waals surface area contributed by atoms with Gasteiger partial charge in [0, 0.05) is 0 Å². The molecule has 0 fully saturated rings. The Morgan fingerprint density at radius 1 is 1.60 bits per heavy atom. The lowest BCUT2D eigenvalue weighted by molar-refractivity contribution is 0.120. The van der Waals surface area contributed by atoms with Crippen molar-refractivity contribution in [2.75, 3.05) is 0 Å². The van der Waals surface area contributed by atoms with Crippen LogP contribution in [0.2, 0.25) is 0 Å². The summed E-state index contributed by atoms with van der Waals surface area (Å²) in [6.45, 7) is -0.167. The molecule has 0 saturated carbocycles. The van der Waals surface area contributed by atoms with Crippen molar-refractivity contribution in [1.82, 2.24) is 0 Å². The average Bonchev–Trinajstić information content (AvgIpc) is 1.38. The summed E-state index contributed by atoms with van der Waals surface area (Å²) >= 11 is 0. The van der Waals surface area contributed by atoms with Crippen LogP contribution in [0.5, 0.6) is 0 Å². The highest BCUT2D eigenvalue weighted by Gasteiger charge is 1.94. The van der Waals surface area contributed by atoms with Gasteiger partial charge in [-0.1, -0.05) is 0 Å². The second kappa shape index (κ2) is 2.08. The Bertz CT molecular complexity index is 21.6. The lowest BCUT2D eigenvalue weighted by atomic mass is 10.8. The largest absolute Gasteiger partial charge is 0.384 e. The lowest BCUT2D eigenvalue weighted by Crippen LogP contribution is -1.85. The van der Waals surface area contributed by atoms with Crippen molar-refractivity contribution < 1.29 is 13.9 Å². The molecule has 3 heteroatoms. The SMILES string of the molecule is O[CH]C(F)F. The number of aliphatic hydroxyl groups excluding tert-OH is 1. The van der Waals surface area contributed by atoms with E-state index in [1.54, 1.807) is 0 Å². The van der Waals surface area contributed by atoms with Crippen LogP contribution in [0.3, 0.4) is 0 Å². The first-order valence-electron chi connectivity index (χ1n) is 1.03. The Morgan fingerprint density at radius 3 is 1.80 bits per heavy atom. The summed E-state index contributed by atoms with van der Waals surface area (Å²) < 4.78 is 20.9. The van der Waals surface area contributed by atoms with Gasteiger partial charge in [-0.05, 0) is 0 Å². The van der Waals surface area contributed by atoms with E-state index in [0.717, 1.165) is 0 Å². The quantitative estimate of drug-likeness (QED) is 0.494. The number of hydrogen-bond acceptors (Lipinski definition) is 1. The number of halogens is 2. The summed E-state index contributed by atoms with van der Waals surface area (Å²) in [7, 11) is 0. The first kappa shape index (κ1) is 4.82. The van der Waals surface area contributed by atoms with Gasteiger partial charge in [-0.3, -0.25) is 0 Å². The third-order valence-corrected chi connectivity index (χ3v) is 0.113. The van der Waals surface area contributed by atoms with Crippen LogP contribution >= 0.6 is 0 Å². The van der Waals surface area contributed by atoms with Crippen molar-refractivity contribution in [2.45, 2.75) is 6.43 Å². The van der Waals surface area contributed by atoms with Gasteiger partial charge in [0.25, 0.3) is 6.43 Å². The zero-order valence-electron chi connectivity index (χ0n) is 2.36. The van der Waals surface area contributed by atoms with Crippen molar-refractivity contribution in [1.29, 1.82) is 0 Å². The normalized spacial score (nSPS) is 9.60. The first-order chi connectivity index (χ1) is 2.27. The van der Waals surface area contributed by atoms with E-state index in [9.17, 15) is 8.78 Å². The second-order valence-corrected chi connectivity index (χ2v) is 0.484. The highest BCUT2D eigenvalue weighted by molar-refractivity contribution is 4.43. The maximum atomic E-state index is 10.5. The van der Waals surface area contributed by atoms with Gasteiger partial charge in [0.15, 0.2) is 0 Å². The van der Waals surface area contributed by atoms with Crippen molar-refractivity contribution in [3.8, 4) is 0 Å². The molecule has 0 rings (SSSR count). The van der Waals surface area contributed by atoms with E-state index in [1.807, 2.05) is 0 Å². The minimum atomic E-state index is -2.69. The summed E-state index contributed by atoms with van der Waals surface area (Å²) in [5.74, 6) is 0. The highest BCUT2D eigenvalue weighted by Crippen LogP contribution is 1.89. The number of alkyl halides is 2. The Labute approximate surface area is 28.2 Å². The van der Waals surface area contributed by atoms with Crippen molar-refractivity contribution in [3.63, 3.8) is 0 Å². The van der Waals surface area contributed by atoms with Crippen LogP contribution < -0.4 is 0 Å². The molecule has 0 aliphatic rings. The molecule has 31 valence electrons. The van der Waals surface area contributed by atoms with E-state index in [-0.39, 0.29) is 6.61 Å². The fraction of sp³-hybridized carbons (Fsp3) is 0.500. The molecule has 0 unspecified atom stereocenters. The molecule has 0 aromatic carbocycles. The second-order valence-electron chi connectivity index (χ2n) is 0.484. The topological polar surface area (TPSA) is 20.2 Å². The van der Waals surface area contributed by atoms with Crippen LogP contribution in [0.1, 0.15) is 0 Å². The minimum Gasteiger partial charge on any atom is -0.384 e. The molecule has 1 nitrogen and oxygen atoms in total. The van der Waals surface area contributed by atoms with E-state index in [0.29, 0.717) is 0 Å². The van der Waals surface area contributed by atoms with Gasteiger partial charge >= 0.3 is 0 Å². The van der Waals surface area contributed by atoms with Crippen LogP contribution in [0.15, 0.2) is 0 Å². The third-order valence-electron chi connectivity index (χ3n) is 0.113. The van der Waals surface area contributed by atoms with Gasteiger partial charge in [0.1, 0.15) is 6.61 Å². The third kappa shape index (κ3) is 3.82. The van der Waals surface area contributed by atoms with Crippen LogP contribution in [0.4, 0.5) is 8.78 Å². The molecule has 1 radical (unpaired) electrons. The molecule has 0 aliphatic heterocycles. The van der Waals surface area contributed by atoms with Crippen molar-refractivity contribution in [3.05, 3.63) is 6.61 Å². The number of hydrogen-bond donors (Lipinski definition) is 1. The van der Waals surface area contributed by atoms with Gasteiger partial charge in [-0.2, -0.15) is 0 Å². The number of rotatable bonds is 1. The summed E-state index contributed by atoms with van der Waals surface area (Å²) in [5.41, 5.74) is 0. The van der Waals surface area contributed by atoms with Crippen LogP contribution in [-0.4, -0.2) is 11.5 Å². The predicted octanol–water partition coefficient (Wildman–Crippen LogP) is 0.786. The zero-order valence-corrected chi connectivity index (χ0v) is 2.36. The molecule has 0 saturated heterocycles. The van der Waals surface area contributed by atoms with Gasteiger partial charge in [0.05, 0.1) is 0 Å². The fourth-order valence-electron chi connectivity index (χ4n) is 0. The predicted molar refractivity (Wildman–Crippen MR) is 12.2 cm³/mol. The minimum absolute atomic E-state index is 0.167. The molecule has 0 aromatic heterocycles. The molecule has 5 heavy (non-hydrogen) atoms. The summed E-state index contributed by atoms with van der Waals surface area (Å²) in [6, 6.07) is 0. The lowest BCUT2D eigenvalue weighted by Gasteiger charge is -1.80. The Hall–Kier alpha value is -0.180. The molecular formula is C2H3F2O. The van der Waals surface area contributed by atoms with E-state index in [4.69, 9.17) is 5.11 Å². The molecule has 0 bridgehead atoms. The standard InChI is InChI=1S/C2H3F2O/c3-2(4)1-5/h1-2,5H. The Morgan fingerprint density at radius 2 is 1.80 bits per heavy atom. The smallest absolute Gasteiger partial charge is 0.266 e. The molecule has 0 spiro atoms. The molecule has 0 aliphatic carbocycles. The van der Waals surface area contributed by atoms with E-state index in [2.05, 4.69) is 0 Å². The highest BCUT2D eigenvalue weighted by atomic mass is 19.3. The van der Waals surface area contributed by atoms with Crippen molar-refractivity contribution >= 4 is 0 Å². The van der Waals surface area contributed by atoms with Gasteiger partial charge < -0.3 is 5.11 Å². The molecular weight excluding hydrogens is 78.0 g/mol. The fourth-order valence-corrected chi connectivity index (χ4v) is 0. The molecule has 1 N–H and O–H groups in total. The van der Waals surface area contributed by atoms with Crippen LogP contribution in [0.25, 0.3) is 0 Å². The molecule has 0 heterocycles. The maximum Gasteiger partial charge on any atom is 0.266 e. The maximum absolute atomic E-state index is 10.5. The first-order valence-corrected chi connectivity index (χ1v) is 1.03. The van der Waals surface area contributed by atoms with E-state index in [1.165, 1.54) is 0 Å². The van der Waals surface area contributed by atoms with Gasteiger partial charge in [-0.25, -0.2) is 8.78 Å². The van der Waals surface area contributed by atoms with Crippen LogP contribution in [0, 0.1) is 6.61 Å². The molecule has 0 atom stereocenters. The van der Waals surface area contributed by atoms with Gasteiger partial charge in [-0.15, -0.1) is 0 Å². The monoisotopic (exact) mass is 81.0 g/mol. The summed E-state index contributed by atoms with van der Waals surface area (Å²) in [6.07, 6.45) is -2.69. The van der Waals surface area contributed by atoms with E-state index < -0.39 is 6.43 Å². The average molecular weight is 81.0 g/mol. The molecule has 0 aromatic rings. The summed E-state index contributed by atoms with van der Waals surface area (Å²) in [4.78, 5) is 0. The Balaban J connectivity index is 2.54.